The summed E-state index contributed by atoms with van der Waals surface area (Å²) in [5.41, 5.74) is 6.04. The van der Waals surface area contributed by atoms with Gasteiger partial charge in [0.15, 0.2) is 0 Å². The Morgan fingerprint density at radius 3 is 2.88 bits per heavy atom. The number of nitrogens with two attached hydrogens (primary N) is 1. The lowest BCUT2D eigenvalue weighted by Crippen LogP contribution is -2.37. The number of ether oxygens (including phenoxy) is 2. The summed E-state index contributed by atoms with van der Waals surface area (Å²) in [6.07, 6.45) is 3.36. The van der Waals surface area contributed by atoms with Gasteiger partial charge in [0.25, 0.3) is 0 Å². The molecule has 4 nitrogen and oxygen atoms in total. The molecule has 94 valence electrons. The minimum Gasteiger partial charge on any atom is -0.381 e. The molecule has 0 amide bonds. The summed E-state index contributed by atoms with van der Waals surface area (Å²) < 4.78 is 22.6. The fraction of sp³-hybridized carbons (Fsp3) is 1.00. The topological polar surface area (TPSA) is 61.6 Å². The maximum Gasteiger partial charge on any atom is 0.0691 e. The third kappa shape index (κ3) is 3.52. The molecule has 0 aromatic rings. The van der Waals surface area contributed by atoms with Gasteiger partial charge in [-0.05, 0) is 19.3 Å². The lowest BCUT2D eigenvalue weighted by atomic mass is 10.0. The molecule has 2 aliphatic rings. The number of rotatable bonds is 5. The normalized spacial score (nSPS) is 34.1. The van der Waals surface area contributed by atoms with Gasteiger partial charge in [-0.1, -0.05) is 0 Å². The molecule has 5 heteroatoms. The summed E-state index contributed by atoms with van der Waals surface area (Å²) in [7, 11) is -0.842. The van der Waals surface area contributed by atoms with Crippen LogP contribution in [0, 0.1) is 5.92 Å². The Bertz CT molecular complexity index is 237. The van der Waals surface area contributed by atoms with Gasteiger partial charge in [0.1, 0.15) is 0 Å². The zero-order valence-corrected chi connectivity index (χ0v) is 10.4. The van der Waals surface area contributed by atoms with Gasteiger partial charge in [0.05, 0.1) is 12.7 Å². The summed E-state index contributed by atoms with van der Waals surface area (Å²) in [6, 6.07) is 0.0183. The minimum atomic E-state index is -0.842. The van der Waals surface area contributed by atoms with E-state index in [-0.39, 0.29) is 12.1 Å². The van der Waals surface area contributed by atoms with Gasteiger partial charge >= 0.3 is 0 Å². The standard InChI is InChI=1S/C11H21NO3S/c12-11(9-3-5-14-6-9)8-16(13)7-10-2-1-4-15-10/h9-11H,1-8,12H2. The molecule has 0 aromatic carbocycles. The van der Waals surface area contributed by atoms with Gasteiger partial charge in [-0.15, -0.1) is 0 Å². The molecule has 0 spiro atoms. The Morgan fingerprint density at radius 2 is 2.25 bits per heavy atom. The number of hydrogen-bond donors (Lipinski definition) is 1. The molecule has 4 unspecified atom stereocenters. The van der Waals surface area contributed by atoms with E-state index < -0.39 is 10.8 Å². The fourth-order valence-corrected chi connectivity index (χ4v) is 3.81. The second-order valence-corrected chi connectivity index (χ2v) is 6.24. The van der Waals surface area contributed by atoms with E-state index >= 15 is 0 Å². The van der Waals surface area contributed by atoms with Crippen molar-refractivity contribution in [1.29, 1.82) is 0 Å². The summed E-state index contributed by atoms with van der Waals surface area (Å²) in [4.78, 5) is 0. The second kappa shape index (κ2) is 6.10. The van der Waals surface area contributed by atoms with E-state index in [2.05, 4.69) is 0 Å². The average molecular weight is 247 g/mol. The van der Waals surface area contributed by atoms with Crippen LogP contribution in [0.1, 0.15) is 19.3 Å². The van der Waals surface area contributed by atoms with Crippen LogP contribution in [-0.4, -0.2) is 47.7 Å². The lowest BCUT2D eigenvalue weighted by Gasteiger charge is -2.18. The SMILES string of the molecule is NC(CS(=O)CC1CCCO1)C1CCOC1. The first kappa shape index (κ1) is 12.5. The third-order valence-electron chi connectivity index (χ3n) is 3.34. The highest BCUT2D eigenvalue weighted by atomic mass is 32.2. The van der Waals surface area contributed by atoms with Crippen molar-refractivity contribution in [3.05, 3.63) is 0 Å². The van der Waals surface area contributed by atoms with Crippen molar-refractivity contribution in [3.8, 4) is 0 Å². The quantitative estimate of drug-likeness (QED) is 0.758. The van der Waals surface area contributed by atoms with Crippen LogP contribution in [0.2, 0.25) is 0 Å². The largest absolute Gasteiger partial charge is 0.381 e. The van der Waals surface area contributed by atoms with E-state index in [9.17, 15) is 4.21 Å². The highest BCUT2D eigenvalue weighted by Gasteiger charge is 2.26. The molecule has 0 aliphatic carbocycles. The average Bonchev–Trinajstić information content (AvgIpc) is 2.88. The van der Waals surface area contributed by atoms with Crippen molar-refractivity contribution in [2.75, 3.05) is 31.3 Å². The maximum atomic E-state index is 11.9. The van der Waals surface area contributed by atoms with Crippen molar-refractivity contribution in [2.45, 2.75) is 31.4 Å². The van der Waals surface area contributed by atoms with E-state index in [1.165, 1.54) is 0 Å². The monoisotopic (exact) mass is 247 g/mol. The molecule has 2 N–H and O–H groups in total. The highest BCUT2D eigenvalue weighted by Crippen LogP contribution is 2.17. The lowest BCUT2D eigenvalue weighted by molar-refractivity contribution is 0.128. The molecule has 2 aliphatic heterocycles. The molecule has 0 radical (unpaired) electrons. The fourth-order valence-electron chi connectivity index (χ4n) is 2.29. The van der Waals surface area contributed by atoms with E-state index in [0.29, 0.717) is 17.4 Å². The van der Waals surface area contributed by atoms with E-state index in [1.807, 2.05) is 0 Å². The van der Waals surface area contributed by atoms with Crippen LogP contribution < -0.4 is 5.73 Å². The Kier molecular flexibility index (Phi) is 4.76. The van der Waals surface area contributed by atoms with Gasteiger partial charge in [-0.3, -0.25) is 4.21 Å². The Hall–Kier alpha value is 0.0300. The molecule has 0 saturated carbocycles. The van der Waals surface area contributed by atoms with Gasteiger partial charge in [-0.25, -0.2) is 0 Å². The first-order valence-corrected chi connectivity index (χ1v) is 7.54. The zero-order chi connectivity index (χ0) is 11.4. The van der Waals surface area contributed by atoms with Crippen LogP contribution in [-0.2, 0) is 20.3 Å². The first-order chi connectivity index (χ1) is 7.75. The van der Waals surface area contributed by atoms with E-state index in [0.717, 1.165) is 39.1 Å². The van der Waals surface area contributed by atoms with Gasteiger partial charge in [0.2, 0.25) is 0 Å². The van der Waals surface area contributed by atoms with Gasteiger partial charge < -0.3 is 15.2 Å². The predicted octanol–water partition coefficient (Wildman–Crippen LogP) is 0.278. The van der Waals surface area contributed by atoms with Crippen LogP contribution in [0.15, 0.2) is 0 Å². The molecule has 2 saturated heterocycles. The van der Waals surface area contributed by atoms with Crippen LogP contribution in [0.25, 0.3) is 0 Å². The third-order valence-corrected chi connectivity index (χ3v) is 4.84. The van der Waals surface area contributed by atoms with E-state index in [4.69, 9.17) is 15.2 Å². The molecule has 0 bridgehead atoms. The van der Waals surface area contributed by atoms with Crippen molar-refractivity contribution >= 4 is 10.8 Å². The van der Waals surface area contributed by atoms with Gasteiger partial charge in [-0.2, -0.15) is 0 Å². The zero-order valence-electron chi connectivity index (χ0n) is 9.60. The summed E-state index contributed by atoms with van der Waals surface area (Å²) >= 11 is 0. The van der Waals surface area contributed by atoms with E-state index in [1.54, 1.807) is 0 Å². The molecule has 16 heavy (non-hydrogen) atoms. The Labute approximate surface area is 99.3 Å². The summed E-state index contributed by atoms with van der Waals surface area (Å²) in [6.45, 7) is 2.36. The summed E-state index contributed by atoms with van der Waals surface area (Å²) in [5, 5.41) is 0. The first-order valence-electron chi connectivity index (χ1n) is 6.05. The molecule has 2 rings (SSSR count). The molecular formula is C11H21NO3S. The Balaban J connectivity index is 1.68. The molecular weight excluding hydrogens is 226 g/mol. The van der Waals surface area contributed by atoms with Crippen LogP contribution in [0.4, 0.5) is 0 Å². The van der Waals surface area contributed by atoms with Crippen LogP contribution in [0.5, 0.6) is 0 Å². The summed E-state index contributed by atoms with van der Waals surface area (Å²) in [5.74, 6) is 1.64. The predicted molar refractivity (Wildman–Crippen MR) is 63.8 cm³/mol. The molecule has 0 aromatic heterocycles. The molecule has 2 fully saturated rings. The number of hydrogen-bond acceptors (Lipinski definition) is 4. The smallest absolute Gasteiger partial charge is 0.0691 e. The minimum absolute atomic E-state index is 0.0183. The molecule has 2 heterocycles. The van der Waals surface area contributed by atoms with Crippen molar-refractivity contribution in [2.24, 2.45) is 11.7 Å². The van der Waals surface area contributed by atoms with Crippen molar-refractivity contribution in [3.63, 3.8) is 0 Å². The van der Waals surface area contributed by atoms with Crippen molar-refractivity contribution < 1.29 is 13.7 Å². The molecule has 4 atom stereocenters. The maximum absolute atomic E-state index is 11.9. The highest BCUT2D eigenvalue weighted by molar-refractivity contribution is 7.85. The second-order valence-electron chi connectivity index (χ2n) is 4.70. The van der Waals surface area contributed by atoms with Crippen molar-refractivity contribution in [1.82, 2.24) is 0 Å². The van der Waals surface area contributed by atoms with Crippen LogP contribution in [0.3, 0.4) is 0 Å². The van der Waals surface area contributed by atoms with Crippen LogP contribution >= 0.6 is 0 Å². The van der Waals surface area contributed by atoms with Gasteiger partial charge in [0, 0.05) is 47.5 Å². The Morgan fingerprint density at radius 1 is 1.38 bits per heavy atom.